The van der Waals surface area contributed by atoms with Crippen LogP contribution in [0.2, 0.25) is 0 Å². The molecule has 0 aliphatic rings. The summed E-state index contributed by atoms with van der Waals surface area (Å²) < 4.78 is 11.1. The van der Waals surface area contributed by atoms with E-state index in [-0.39, 0.29) is 34.7 Å². The summed E-state index contributed by atoms with van der Waals surface area (Å²) in [5.74, 6) is 0.437. The number of nitro benzene ring substituents is 2. The number of hydrogen-bond acceptors (Lipinski definition) is 7. The summed E-state index contributed by atoms with van der Waals surface area (Å²) in [6, 6.07) is 8.40. The third-order valence-corrected chi connectivity index (χ3v) is 6.22. The average molecular weight is 501 g/mol. The van der Waals surface area contributed by atoms with Crippen molar-refractivity contribution in [1.82, 2.24) is 0 Å². The predicted molar refractivity (Wildman–Crippen MR) is 138 cm³/mol. The van der Waals surface area contributed by atoms with Gasteiger partial charge in [-0.15, -0.1) is 0 Å². The quantitative estimate of drug-likeness (QED) is 0.110. The van der Waals surface area contributed by atoms with Crippen molar-refractivity contribution < 1.29 is 24.1 Å². The number of carbonyl (C=O) groups is 1. The van der Waals surface area contributed by atoms with Crippen molar-refractivity contribution in [2.45, 2.75) is 90.9 Å². The first-order valence-corrected chi connectivity index (χ1v) is 12.7. The molecule has 0 N–H and O–H groups in total. The van der Waals surface area contributed by atoms with Crippen molar-refractivity contribution in [3.63, 3.8) is 0 Å². The fourth-order valence-corrected chi connectivity index (χ4v) is 4.63. The van der Waals surface area contributed by atoms with Crippen LogP contribution in [-0.2, 0) is 0 Å². The number of carbonyl (C=O) groups excluding carboxylic acids is 1. The average Bonchev–Trinajstić information content (AvgIpc) is 2.84. The minimum atomic E-state index is -0.987. The number of non-ortho nitro benzene ring substituents is 2. The number of rotatable bonds is 14. The summed E-state index contributed by atoms with van der Waals surface area (Å²) in [7, 11) is 0. The van der Waals surface area contributed by atoms with Crippen molar-refractivity contribution in [3.05, 3.63) is 67.8 Å². The van der Waals surface area contributed by atoms with Crippen LogP contribution in [0, 0.1) is 20.2 Å². The molecule has 0 radical (unpaired) electrons. The number of nitrogens with zero attached hydrogens (tertiary/aromatic N) is 2. The zero-order valence-electron chi connectivity index (χ0n) is 21.5. The maximum Gasteiger partial charge on any atom is 0.519 e. The monoisotopic (exact) mass is 500 g/mol. The van der Waals surface area contributed by atoms with Crippen LogP contribution in [0.1, 0.15) is 102 Å². The summed E-state index contributed by atoms with van der Waals surface area (Å²) >= 11 is 0. The molecule has 9 heteroatoms. The molecule has 0 amide bonds. The minimum Gasteiger partial charge on any atom is -0.394 e. The van der Waals surface area contributed by atoms with Crippen LogP contribution < -0.4 is 9.47 Å². The largest absolute Gasteiger partial charge is 0.519 e. The summed E-state index contributed by atoms with van der Waals surface area (Å²) in [6.45, 7) is 8.14. The van der Waals surface area contributed by atoms with E-state index in [0.29, 0.717) is 11.1 Å². The Bertz CT molecular complexity index is 961. The lowest BCUT2D eigenvalue weighted by atomic mass is 9.89. The molecule has 0 aromatic heterocycles. The Hall–Kier alpha value is -3.49. The molecular formula is C27H36N2O7. The van der Waals surface area contributed by atoms with Gasteiger partial charge >= 0.3 is 6.16 Å². The van der Waals surface area contributed by atoms with Crippen LogP contribution in [0.4, 0.5) is 16.2 Å². The third kappa shape index (κ3) is 7.76. The van der Waals surface area contributed by atoms with Gasteiger partial charge in [0.2, 0.25) is 0 Å². The van der Waals surface area contributed by atoms with Gasteiger partial charge in [-0.3, -0.25) is 20.2 Å². The lowest BCUT2D eigenvalue weighted by Crippen LogP contribution is -2.17. The lowest BCUT2D eigenvalue weighted by Gasteiger charge is -2.20. The van der Waals surface area contributed by atoms with E-state index in [0.717, 1.165) is 51.4 Å². The third-order valence-electron chi connectivity index (χ3n) is 6.22. The number of nitro groups is 2. The number of hydrogen-bond donors (Lipinski definition) is 0. The molecule has 0 fully saturated rings. The van der Waals surface area contributed by atoms with Gasteiger partial charge in [-0.05, 0) is 49.7 Å². The SMILES string of the molecule is CCCC(CCC)c1cc([N+](=O)[O-])ccc1OC(=O)Oc1ccc([N+](=O)[O-])cc1C(CCC)CCC. The van der Waals surface area contributed by atoms with E-state index in [2.05, 4.69) is 0 Å². The molecule has 0 bridgehead atoms. The Morgan fingerprint density at radius 3 is 1.31 bits per heavy atom. The summed E-state index contributed by atoms with van der Waals surface area (Å²) in [4.78, 5) is 34.7. The van der Waals surface area contributed by atoms with Gasteiger partial charge in [0.25, 0.3) is 11.4 Å². The maximum atomic E-state index is 12.9. The van der Waals surface area contributed by atoms with Crippen LogP contribution in [0.15, 0.2) is 36.4 Å². The molecule has 2 aromatic rings. The molecule has 0 saturated carbocycles. The van der Waals surface area contributed by atoms with Gasteiger partial charge in [0.15, 0.2) is 0 Å². The van der Waals surface area contributed by atoms with Crippen LogP contribution in [0.3, 0.4) is 0 Å². The molecule has 36 heavy (non-hydrogen) atoms. The molecule has 0 heterocycles. The van der Waals surface area contributed by atoms with Gasteiger partial charge in [-0.2, -0.15) is 0 Å². The first kappa shape index (κ1) is 28.7. The first-order chi connectivity index (χ1) is 17.2. The highest BCUT2D eigenvalue weighted by atomic mass is 16.7. The van der Waals surface area contributed by atoms with E-state index in [1.807, 2.05) is 27.7 Å². The standard InChI is InChI=1S/C27H36N2O7/c1-5-9-19(10-6-2)23-17-21(28(31)32)13-15-25(23)35-27(30)36-26-16-14-22(29(33)34)18-24(26)20(11-7-3)12-8-4/h13-20H,5-12H2,1-4H3. The normalized spacial score (nSPS) is 11.1. The molecule has 2 aromatic carbocycles. The zero-order chi connectivity index (χ0) is 26.7. The van der Waals surface area contributed by atoms with E-state index in [9.17, 15) is 25.0 Å². The highest BCUT2D eigenvalue weighted by molar-refractivity contribution is 5.69. The van der Waals surface area contributed by atoms with E-state index < -0.39 is 16.0 Å². The van der Waals surface area contributed by atoms with Gasteiger partial charge < -0.3 is 9.47 Å². The lowest BCUT2D eigenvalue weighted by molar-refractivity contribution is -0.385. The Labute approximate surface area is 212 Å². The van der Waals surface area contributed by atoms with Crippen molar-refractivity contribution in [1.29, 1.82) is 0 Å². The maximum absolute atomic E-state index is 12.9. The second-order valence-electron chi connectivity index (χ2n) is 8.96. The van der Waals surface area contributed by atoms with Crippen molar-refractivity contribution in [3.8, 4) is 11.5 Å². The Balaban J connectivity index is 2.41. The molecule has 0 unspecified atom stereocenters. The van der Waals surface area contributed by atoms with Crippen LogP contribution in [0.25, 0.3) is 0 Å². The minimum absolute atomic E-state index is 0.00359. The van der Waals surface area contributed by atoms with Crippen molar-refractivity contribution >= 4 is 17.5 Å². The van der Waals surface area contributed by atoms with E-state index in [1.54, 1.807) is 0 Å². The summed E-state index contributed by atoms with van der Waals surface area (Å²) in [5, 5.41) is 22.7. The second-order valence-corrected chi connectivity index (χ2v) is 8.96. The highest BCUT2D eigenvalue weighted by Crippen LogP contribution is 2.38. The van der Waals surface area contributed by atoms with Gasteiger partial charge in [0.1, 0.15) is 11.5 Å². The van der Waals surface area contributed by atoms with E-state index in [4.69, 9.17) is 9.47 Å². The fourth-order valence-electron chi connectivity index (χ4n) is 4.63. The fraction of sp³-hybridized carbons (Fsp3) is 0.519. The molecule has 0 atom stereocenters. The summed E-state index contributed by atoms with van der Waals surface area (Å²) in [5.41, 5.74) is 1.07. The molecule has 0 aliphatic carbocycles. The molecule has 0 saturated heterocycles. The Kier molecular flexibility index (Phi) is 11.3. The van der Waals surface area contributed by atoms with Gasteiger partial charge in [0.05, 0.1) is 9.85 Å². The smallest absolute Gasteiger partial charge is 0.394 e. The topological polar surface area (TPSA) is 122 Å². The number of ether oxygens (including phenoxy) is 2. The van der Waals surface area contributed by atoms with Gasteiger partial charge in [0, 0.05) is 35.4 Å². The molecule has 9 nitrogen and oxygen atoms in total. The van der Waals surface area contributed by atoms with Crippen molar-refractivity contribution in [2.24, 2.45) is 0 Å². The molecule has 2 rings (SSSR count). The van der Waals surface area contributed by atoms with Crippen LogP contribution in [-0.4, -0.2) is 16.0 Å². The first-order valence-electron chi connectivity index (χ1n) is 12.7. The molecular weight excluding hydrogens is 464 g/mol. The van der Waals surface area contributed by atoms with E-state index in [1.165, 1.54) is 36.4 Å². The molecule has 0 aliphatic heterocycles. The zero-order valence-corrected chi connectivity index (χ0v) is 21.5. The van der Waals surface area contributed by atoms with Crippen LogP contribution in [0.5, 0.6) is 11.5 Å². The predicted octanol–water partition coefficient (Wildman–Crippen LogP) is 8.45. The van der Waals surface area contributed by atoms with Gasteiger partial charge in [-0.25, -0.2) is 4.79 Å². The Morgan fingerprint density at radius 1 is 0.694 bits per heavy atom. The van der Waals surface area contributed by atoms with Crippen LogP contribution >= 0.6 is 0 Å². The number of benzene rings is 2. The summed E-state index contributed by atoms with van der Waals surface area (Å²) in [6.07, 6.45) is 5.69. The Morgan fingerprint density at radius 2 is 1.03 bits per heavy atom. The highest BCUT2D eigenvalue weighted by Gasteiger charge is 2.24. The van der Waals surface area contributed by atoms with Gasteiger partial charge in [-0.1, -0.05) is 53.4 Å². The second kappa shape index (κ2) is 14.2. The van der Waals surface area contributed by atoms with Crippen molar-refractivity contribution in [2.75, 3.05) is 0 Å². The van der Waals surface area contributed by atoms with E-state index >= 15 is 0 Å². The molecule has 196 valence electrons. The molecule has 0 spiro atoms.